The maximum Gasteiger partial charge on any atom is 0.224 e. The van der Waals surface area contributed by atoms with E-state index in [9.17, 15) is 22.0 Å². The summed E-state index contributed by atoms with van der Waals surface area (Å²) in [5, 5.41) is 0. The van der Waals surface area contributed by atoms with E-state index >= 15 is 0 Å². The van der Waals surface area contributed by atoms with Gasteiger partial charge in [-0.15, -0.1) is 0 Å². The summed E-state index contributed by atoms with van der Waals surface area (Å²) < 4.78 is 52.4. The number of carbonyl (C=O) groups is 1. The van der Waals surface area contributed by atoms with Crippen molar-refractivity contribution in [1.82, 2.24) is 9.62 Å². The summed E-state index contributed by atoms with van der Waals surface area (Å²) in [6.45, 7) is 0.0561. The Morgan fingerprint density at radius 1 is 1.12 bits per heavy atom. The lowest BCUT2D eigenvalue weighted by Crippen LogP contribution is -2.34. The molecule has 0 aliphatic rings. The van der Waals surface area contributed by atoms with Crippen molar-refractivity contribution in [3.05, 3.63) is 71.3 Å². The zero-order valence-electron chi connectivity index (χ0n) is 14.4. The minimum absolute atomic E-state index is 0.0561. The van der Waals surface area contributed by atoms with Gasteiger partial charge in [0, 0.05) is 25.6 Å². The van der Waals surface area contributed by atoms with Crippen LogP contribution in [0.5, 0.6) is 0 Å². The highest BCUT2D eigenvalue weighted by Crippen LogP contribution is 2.20. The van der Waals surface area contributed by atoms with E-state index < -0.39 is 27.7 Å². The van der Waals surface area contributed by atoms with Gasteiger partial charge in [-0.25, -0.2) is 21.9 Å². The molecule has 0 fully saturated rings. The third-order valence-electron chi connectivity index (χ3n) is 3.80. The van der Waals surface area contributed by atoms with Crippen LogP contribution in [0.1, 0.15) is 23.6 Å². The van der Waals surface area contributed by atoms with Crippen LogP contribution in [0.25, 0.3) is 0 Å². The normalized spacial score (nSPS) is 12.6. The molecule has 1 unspecified atom stereocenters. The number of amides is 1. The molecule has 0 heterocycles. The van der Waals surface area contributed by atoms with Crippen LogP contribution in [0.4, 0.5) is 8.78 Å². The monoisotopic (exact) mass is 382 g/mol. The van der Waals surface area contributed by atoms with E-state index in [1.165, 1.54) is 42.3 Å². The topological polar surface area (TPSA) is 66.5 Å². The van der Waals surface area contributed by atoms with Gasteiger partial charge < -0.3 is 4.90 Å². The van der Waals surface area contributed by atoms with E-state index in [-0.39, 0.29) is 18.9 Å². The van der Waals surface area contributed by atoms with E-state index in [4.69, 9.17) is 0 Å². The largest absolute Gasteiger partial charge is 0.341 e. The number of hydrogen-bond donors (Lipinski definition) is 1. The summed E-state index contributed by atoms with van der Waals surface area (Å²) in [6, 6.07) is 10.5. The van der Waals surface area contributed by atoms with Crippen molar-refractivity contribution in [3.8, 4) is 0 Å². The molecule has 0 bridgehead atoms. The Balaban J connectivity index is 2.14. The van der Waals surface area contributed by atoms with Crippen LogP contribution >= 0.6 is 0 Å². The highest BCUT2D eigenvalue weighted by Gasteiger charge is 2.22. The lowest BCUT2D eigenvalue weighted by atomic mass is 10.0. The number of hydrogen-bond acceptors (Lipinski definition) is 3. The fraction of sp³-hybridized carbons (Fsp3) is 0.278. The molecule has 1 atom stereocenters. The molecular formula is C18H20F2N2O3S. The van der Waals surface area contributed by atoms with Crippen molar-refractivity contribution in [1.29, 1.82) is 0 Å². The van der Waals surface area contributed by atoms with Crippen molar-refractivity contribution >= 4 is 15.9 Å². The second-order valence-corrected chi connectivity index (χ2v) is 7.82. The first-order valence-corrected chi connectivity index (χ1v) is 9.75. The van der Waals surface area contributed by atoms with Crippen LogP contribution in [0.3, 0.4) is 0 Å². The summed E-state index contributed by atoms with van der Waals surface area (Å²) >= 11 is 0. The first-order chi connectivity index (χ1) is 12.2. The molecule has 26 heavy (non-hydrogen) atoms. The first kappa shape index (κ1) is 20.0. The standard InChI is InChI=1S/C18H20F2N2O3S/c1-22(12-14-5-3-4-6-16(14)20)18(23)11-17(21-26(2,24)25)13-7-9-15(19)10-8-13/h3-10,17,21H,11-12H2,1-2H3. The van der Waals surface area contributed by atoms with Gasteiger partial charge in [0.05, 0.1) is 12.3 Å². The van der Waals surface area contributed by atoms with Crippen molar-refractivity contribution < 1.29 is 22.0 Å². The van der Waals surface area contributed by atoms with Crippen LogP contribution < -0.4 is 4.72 Å². The molecule has 8 heteroatoms. The molecule has 140 valence electrons. The van der Waals surface area contributed by atoms with Crippen molar-refractivity contribution in [3.63, 3.8) is 0 Å². The quantitative estimate of drug-likeness (QED) is 0.801. The zero-order valence-corrected chi connectivity index (χ0v) is 15.3. The highest BCUT2D eigenvalue weighted by molar-refractivity contribution is 7.88. The third kappa shape index (κ3) is 5.89. The van der Waals surface area contributed by atoms with Crippen LogP contribution in [0.2, 0.25) is 0 Å². The highest BCUT2D eigenvalue weighted by atomic mass is 32.2. The SMILES string of the molecule is CN(Cc1ccccc1F)C(=O)CC(NS(C)(=O)=O)c1ccc(F)cc1. The molecule has 1 N–H and O–H groups in total. The molecule has 0 spiro atoms. The molecule has 2 aromatic rings. The van der Waals surface area contributed by atoms with E-state index in [1.54, 1.807) is 18.2 Å². The molecule has 0 radical (unpaired) electrons. The second kappa shape index (κ2) is 8.37. The third-order valence-corrected chi connectivity index (χ3v) is 4.51. The Morgan fingerprint density at radius 2 is 1.73 bits per heavy atom. The maximum atomic E-state index is 13.7. The van der Waals surface area contributed by atoms with Crippen molar-refractivity contribution in [2.45, 2.75) is 19.0 Å². The number of nitrogens with one attached hydrogen (secondary N) is 1. The first-order valence-electron chi connectivity index (χ1n) is 7.86. The number of benzene rings is 2. The number of rotatable bonds is 7. The van der Waals surface area contributed by atoms with Gasteiger partial charge in [0.15, 0.2) is 0 Å². The lowest BCUT2D eigenvalue weighted by molar-refractivity contribution is -0.130. The average molecular weight is 382 g/mol. The molecule has 0 saturated carbocycles. The molecule has 0 aliphatic carbocycles. The Bertz CT molecular complexity index is 870. The van der Waals surface area contributed by atoms with E-state index in [1.807, 2.05) is 0 Å². The van der Waals surface area contributed by atoms with Crippen molar-refractivity contribution in [2.24, 2.45) is 0 Å². The predicted molar refractivity (Wildman–Crippen MR) is 94.6 cm³/mol. The smallest absolute Gasteiger partial charge is 0.224 e. The molecule has 1 amide bonds. The van der Waals surface area contributed by atoms with E-state index in [0.717, 1.165) is 6.26 Å². The van der Waals surface area contributed by atoms with Gasteiger partial charge in [-0.3, -0.25) is 4.79 Å². The second-order valence-electron chi connectivity index (χ2n) is 6.04. The molecule has 5 nitrogen and oxygen atoms in total. The Labute approximate surface area is 151 Å². The van der Waals surface area contributed by atoms with Gasteiger partial charge in [-0.2, -0.15) is 0 Å². The Morgan fingerprint density at radius 3 is 2.31 bits per heavy atom. The Kier molecular flexibility index (Phi) is 6.44. The summed E-state index contributed by atoms with van der Waals surface area (Å²) in [5.41, 5.74) is 0.822. The van der Waals surface area contributed by atoms with Crippen molar-refractivity contribution in [2.75, 3.05) is 13.3 Å². The molecule has 2 rings (SSSR count). The minimum Gasteiger partial charge on any atom is -0.341 e. The van der Waals surface area contributed by atoms with E-state index in [2.05, 4.69) is 4.72 Å². The average Bonchev–Trinajstić information content (AvgIpc) is 2.55. The fourth-order valence-corrected chi connectivity index (χ4v) is 3.22. The molecular weight excluding hydrogens is 362 g/mol. The van der Waals surface area contributed by atoms with E-state index in [0.29, 0.717) is 11.1 Å². The van der Waals surface area contributed by atoms with Crippen LogP contribution in [-0.2, 0) is 21.4 Å². The van der Waals surface area contributed by atoms with Gasteiger partial charge in [-0.1, -0.05) is 30.3 Å². The van der Waals surface area contributed by atoms with Gasteiger partial charge in [0.2, 0.25) is 15.9 Å². The number of nitrogens with zero attached hydrogens (tertiary/aromatic N) is 1. The van der Waals surface area contributed by atoms with Crippen LogP contribution in [0.15, 0.2) is 48.5 Å². The summed E-state index contributed by atoms with van der Waals surface area (Å²) in [4.78, 5) is 13.8. The van der Waals surface area contributed by atoms with Crippen LogP contribution in [0, 0.1) is 11.6 Å². The van der Waals surface area contributed by atoms with Gasteiger partial charge >= 0.3 is 0 Å². The molecule has 0 aromatic heterocycles. The number of carbonyl (C=O) groups excluding carboxylic acids is 1. The maximum absolute atomic E-state index is 13.7. The Hall–Kier alpha value is -2.32. The van der Waals surface area contributed by atoms with Gasteiger partial charge in [0.25, 0.3) is 0 Å². The summed E-state index contributed by atoms with van der Waals surface area (Å²) in [7, 11) is -2.08. The molecule has 2 aromatic carbocycles. The molecule has 0 saturated heterocycles. The molecule has 0 aliphatic heterocycles. The van der Waals surface area contributed by atoms with Crippen LogP contribution in [-0.4, -0.2) is 32.5 Å². The van der Waals surface area contributed by atoms with Gasteiger partial charge in [-0.05, 0) is 23.8 Å². The minimum atomic E-state index is -3.59. The lowest BCUT2D eigenvalue weighted by Gasteiger charge is -2.22. The number of halogens is 2. The fourth-order valence-electron chi connectivity index (χ4n) is 2.48. The van der Waals surface area contributed by atoms with Gasteiger partial charge in [0.1, 0.15) is 11.6 Å². The predicted octanol–water partition coefficient (Wildman–Crippen LogP) is 2.60. The summed E-state index contributed by atoms with van der Waals surface area (Å²) in [6.07, 6.45) is 0.806. The zero-order chi connectivity index (χ0) is 19.3. The number of sulfonamides is 1. The summed E-state index contributed by atoms with van der Waals surface area (Å²) in [5.74, 6) is -1.26.